The van der Waals surface area contributed by atoms with Gasteiger partial charge in [-0.15, -0.1) is 0 Å². The van der Waals surface area contributed by atoms with E-state index in [1.807, 2.05) is 0 Å². The van der Waals surface area contributed by atoms with Crippen molar-refractivity contribution in [1.29, 1.82) is 0 Å². The highest BCUT2D eigenvalue weighted by atomic mass is 16.3. The lowest BCUT2D eigenvalue weighted by atomic mass is 10.0. The molecular weight excluding hydrogens is 476 g/mol. The molecule has 0 saturated carbocycles. The summed E-state index contributed by atoms with van der Waals surface area (Å²) in [6.45, 7) is 0.744. The van der Waals surface area contributed by atoms with E-state index in [1.54, 1.807) is 0 Å². The lowest BCUT2D eigenvalue weighted by molar-refractivity contribution is 0.282. The van der Waals surface area contributed by atoms with Crippen LogP contribution in [-0.2, 0) is 0 Å². The average Bonchev–Trinajstić information content (AvgIpc) is 2.95. The number of unbranched alkanes of at least 4 members (excludes halogenated alkanes) is 34. The molecule has 0 saturated heterocycles. The minimum Gasteiger partial charge on any atom is -0.396 e. The van der Waals surface area contributed by atoms with Gasteiger partial charge in [0.2, 0.25) is 0 Å². The van der Waals surface area contributed by atoms with Gasteiger partial charge in [0, 0.05) is 13.2 Å². The summed E-state index contributed by atoms with van der Waals surface area (Å²) in [6.07, 6.45) is 49.2. The Morgan fingerprint density at radius 2 is 0.205 bits per heavy atom. The van der Waals surface area contributed by atoms with E-state index in [0.717, 1.165) is 12.8 Å². The maximum absolute atomic E-state index is 8.79. The van der Waals surface area contributed by atoms with Gasteiger partial charge in [0.25, 0.3) is 0 Å². The van der Waals surface area contributed by atoms with Crippen molar-refractivity contribution in [2.75, 3.05) is 13.2 Å². The van der Waals surface area contributed by atoms with Crippen LogP contribution in [0.4, 0.5) is 0 Å². The normalized spacial score (nSPS) is 11.5. The molecule has 0 radical (unpaired) electrons. The Morgan fingerprint density at radius 1 is 0.128 bits per heavy atom. The fourth-order valence-electron chi connectivity index (χ4n) is 6.06. The molecule has 2 heteroatoms. The summed E-state index contributed by atoms with van der Waals surface area (Å²) in [5.41, 5.74) is 0. The molecule has 0 atom stereocenters. The van der Waals surface area contributed by atoms with Crippen LogP contribution >= 0.6 is 0 Å². The van der Waals surface area contributed by atoms with Gasteiger partial charge in [-0.3, -0.25) is 0 Å². The second-order valence-corrected chi connectivity index (χ2v) is 12.8. The summed E-state index contributed by atoms with van der Waals surface area (Å²) in [7, 11) is 0. The summed E-state index contributed by atoms with van der Waals surface area (Å²) in [5.74, 6) is 0. The standard InChI is InChI=1S/C37H76O2/c38-36-34-32-30-28-26-24-22-20-18-16-14-12-10-8-6-4-2-1-3-5-7-9-11-13-15-17-19-21-23-25-27-29-31-33-35-37-39/h38-39H,1-37H2. The van der Waals surface area contributed by atoms with Crippen molar-refractivity contribution in [2.24, 2.45) is 0 Å². The van der Waals surface area contributed by atoms with E-state index >= 15 is 0 Å². The topological polar surface area (TPSA) is 40.5 Å². The average molecular weight is 553 g/mol. The molecule has 0 unspecified atom stereocenters. The van der Waals surface area contributed by atoms with Crippen LogP contribution in [0.25, 0.3) is 0 Å². The molecule has 2 nitrogen and oxygen atoms in total. The first kappa shape index (κ1) is 38.9. The summed E-state index contributed by atoms with van der Waals surface area (Å²) in [6, 6.07) is 0. The maximum Gasteiger partial charge on any atom is 0.0431 e. The molecule has 0 heterocycles. The fraction of sp³-hybridized carbons (Fsp3) is 1.00. The fourth-order valence-corrected chi connectivity index (χ4v) is 6.06. The number of hydrogen-bond donors (Lipinski definition) is 2. The Labute approximate surface area is 247 Å². The third kappa shape index (κ3) is 37.9. The Morgan fingerprint density at radius 3 is 0.282 bits per heavy atom. The van der Waals surface area contributed by atoms with Gasteiger partial charge < -0.3 is 10.2 Å². The molecule has 39 heavy (non-hydrogen) atoms. The molecule has 2 N–H and O–H groups in total. The second kappa shape index (κ2) is 37.9. The molecule has 0 aliphatic carbocycles. The van der Waals surface area contributed by atoms with Crippen LogP contribution in [-0.4, -0.2) is 23.4 Å². The molecule has 0 aromatic rings. The zero-order valence-electron chi connectivity index (χ0n) is 27.1. The quantitative estimate of drug-likeness (QED) is 0.0759. The van der Waals surface area contributed by atoms with E-state index in [-0.39, 0.29) is 0 Å². The van der Waals surface area contributed by atoms with Crippen LogP contribution in [0.1, 0.15) is 225 Å². The largest absolute Gasteiger partial charge is 0.396 e. The van der Waals surface area contributed by atoms with Gasteiger partial charge in [0.05, 0.1) is 0 Å². The minimum absolute atomic E-state index is 0.372. The number of aliphatic hydroxyl groups excluding tert-OH is 2. The van der Waals surface area contributed by atoms with Gasteiger partial charge in [-0.25, -0.2) is 0 Å². The zero-order valence-corrected chi connectivity index (χ0v) is 27.1. The first-order valence-corrected chi connectivity index (χ1v) is 18.6. The molecule has 236 valence electrons. The molecule has 0 bridgehead atoms. The Hall–Kier alpha value is -0.0800. The van der Waals surface area contributed by atoms with Crippen LogP contribution in [0.3, 0.4) is 0 Å². The Kier molecular flexibility index (Phi) is 37.8. The van der Waals surface area contributed by atoms with Gasteiger partial charge in [0.15, 0.2) is 0 Å². The first-order chi connectivity index (χ1) is 19.4. The van der Waals surface area contributed by atoms with E-state index in [0.29, 0.717) is 13.2 Å². The molecule has 0 aliphatic heterocycles. The molecule has 0 aromatic carbocycles. The molecule has 0 aromatic heterocycles. The third-order valence-electron chi connectivity index (χ3n) is 8.82. The van der Waals surface area contributed by atoms with Crippen LogP contribution in [0, 0.1) is 0 Å². The molecule has 0 aliphatic rings. The highest BCUT2D eigenvalue weighted by Gasteiger charge is 1.97. The maximum atomic E-state index is 8.79. The lowest BCUT2D eigenvalue weighted by Crippen LogP contribution is -1.85. The Bertz CT molecular complexity index is 361. The van der Waals surface area contributed by atoms with Gasteiger partial charge in [-0.2, -0.15) is 0 Å². The van der Waals surface area contributed by atoms with Crippen molar-refractivity contribution in [3.05, 3.63) is 0 Å². The van der Waals surface area contributed by atoms with Crippen molar-refractivity contribution < 1.29 is 10.2 Å². The molecule has 0 fully saturated rings. The molecule has 0 spiro atoms. The summed E-state index contributed by atoms with van der Waals surface area (Å²) < 4.78 is 0. The Balaban J connectivity index is 3.01. The van der Waals surface area contributed by atoms with Crippen LogP contribution in [0.5, 0.6) is 0 Å². The zero-order chi connectivity index (χ0) is 28.2. The van der Waals surface area contributed by atoms with Crippen molar-refractivity contribution in [3.63, 3.8) is 0 Å². The van der Waals surface area contributed by atoms with Gasteiger partial charge in [0.1, 0.15) is 0 Å². The molecule has 0 rings (SSSR count). The van der Waals surface area contributed by atoms with Gasteiger partial charge in [-0.05, 0) is 12.8 Å². The van der Waals surface area contributed by atoms with Crippen LogP contribution in [0.15, 0.2) is 0 Å². The van der Waals surface area contributed by atoms with E-state index in [4.69, 9.17) is 10.2 Å². The van der Waals surface area contributed by atoms with Crippen molar-refractivity contribution >= 4 is 0 Å². The molecule has 0 amide bonds. The number of hydrogen-bond acceptors (Lipinski definition) is 2. The SMILES string of the molecule is OCCCCCCCCCCCCCCCCCCCCCCCCCCCCCCCCCCCCCO. The summed E-state index contributed by atoms with van der Waals surface area (Å²) >= 11 is 0. The van der Waals surface area contributed by atoms with E-state index in [9.17, 15) is 0 Å². The van der Waals surface area contributed by atoms with E-state index in [2.05, 4.69) is 0 Å². The predicted molar refractivity (Wildman–Crippen MR) is 176 cm³/mol. The van der Waals surface area contributed by atoms with Crippen LogP contribution < -0.4 is 0 Å². The predicted octanol–water partition coefficient (Wildman–Crippen LogP) is 12.6. The third-order valence-corrected chi connectivity index (χ3v) is 8.82. The summed E-state index contributed by atoms with van der Waals surface area (Å²) in [5, 5.41) is 17.6. The molecular formula is C37H76O2. The lowest BCUT2D eigenvalue weighted by Gasteiger charge is -2.05. The van der Waals surface area contributed by atoms with E-state index in [1.165, 1.54) is 212 Å². The smallest absolute Gasteiger partial charge is 0.0431 e. The monoisotopic (exact) mass is 553 g/mol. The number of aliphatic hydroxyl groups is 2. The van der Waals surface area contributed by atoms with E-state index < -0.39 is 0 Å². The minimum atomic E-state index is 0.372. The second-order valence-electron chi connectivity index (χ2n) is 12.8. The van der Waals surface area contributed by atoms with Gasteiger partial charge >= 0.3 is 0 Å². The van der Waals surface area contributed by atoms with Crippen molar-refractivity contribution in [1.82, 2.24) is 0 Å². The van der Waals surface area contributed by atoms with Crippen LogP contribution in [0.2, 0.25) is 0 Å². The highest BCUT2D eigenvalue weighted by molar-refractivity contribution is 4.53. The number of rotatable bonds is 36. The first-order valence-electron chi connectivity index (χ1n) is 18.6. The van der Waals surface area contributed by atoms with Crippen molar-refractivity contribution in [3.8, 4) is 0 Å². The highest BCUT2D eigenvalue weighted by Crippen LogP contribution is 2.17. The van der Waals surface area contributed by atoms with Gasteiger partial charge in [-0.1, -0.05) is 212 Å². The summed E-state index contributed by atoms with van der Waals surface area (Å²) in [4.78, 5) is 0. The van der Waals surface area contributed by atoms with Crippen molar-refractivity contribution in [2.45, 2.75) is 225 Å².